The van der Waals surface area contributed by atoms with Crippen LogP contribution in [-0.2, 0) is 4.74 Å². The smallest absolute Gasteiger partial charge is 0.195 e. The summed E-state index contributed by atoms with van der Waals surface area (Å²) in [5.41, 5.74) is -1.70. The molecular formula is C9H16O6. The Morgan fingerprint density at radius 2 is 1.80 bits per heavy atom. The largest absolute Gasteiger partial charge is 0.391 e. The van der Waals surface area contributed by atoms with E-state index in [9.17, 15) is 25.5 Å². The SMILES string of the molecule is C[C@H](O)C1OC2(O)CC(O)C1(O)CC2O. The monoisotopic (exact) mass is 220 g/mol. The minimum atomic E-state index is -1.87. The van der Waals surface area contributed by atoms with Gasteiger partial charge in [0.25, 0.3) is 0 Å². The molecule has 5 N–H and O–H groups in total. The lowest BCUT2D eigenvalue weighted by Gasteiger charge is -2.57. The highest BCUT2D eigenvalue weighted by molar-refractivity contribution is 5.11. The Hall–Kier alpha value is -0.240. The summed E-state index contributed by atoms with van der Waals surface area (Å²) < 4.78 is 5.07. The Morgan fingerprint density at radius 3 is 2.33 bits per heavy atom. The molecule has 0 spiro atoms. The molecule has 0 radical (unpaired) electrons. The molecule has 1 aliphatic carbocycles. The molecule has 2 bridgehead atoms. The summed E-state index contributed by atoms with van der Waals surface area (Å²) in [6.07, 6.45) is -5.05. The topological polar surface area (TPSA) is 110 Å². The number of hydrogen-bond donors (Lipinski definition) is 5. The van der Waals surface area contributed by atoms with Crippen molar-refractivity contribution in [3.63, 3.8) is 0 Å². The van der Waals surface area contributed by atoms with E-state index in [2.05, 4.69) is 0 Å². The molecule has 6 heteroatoms. The second-order valence-corrected chi connectivity index (χ2v) is 4.55. The number of rotatable bonds is 1. The summed E-state index contributed by atoms with van der Waals surface area (Å²) in [6.45, 7) is 1.39. The van der Waals surface area contributed by atoms with Gasteiger partial charge in [-0.1, -0.05) is 0 Å². The Labute approximate surface area is 86.7 Å². The van der Waals surface area contributed by atoms with Crippen molar-refractivity contribution in [1.29, 1.82) is 0 Å². The molecule has 0 amide bonds. The molecule has 0 aromatic rings. The van der Waals surface area contributed by atoms with Gasteiger partial charge in [0.2, 0.25) is 0 Å². The zero-order valence-corrected chi connectivity index (χ0v) is 8.37. The Kier molecular flexibility index (Phi) is 2.35. The van der Waals surface area contributed by atoms with Crippen LogP contribution in [0.3, 0.4) is 0 Å². The van der Waals surface area contributed by atoms with Gasteiger partial charge in [0, 0.05) is 12.8 Å². The fourth-order valence-electron chi connectivity index (χ4n) is 2.47. The van der Waals surface area contributed by atoms with Gasteiger partial charge in [-0.05, 0) is 6.92 Å². The van der Waals surface area contributed by atoms with Crippen molar-refractivity contribution in [2.45, 2.75) is 55.6 Å². The van der Waals surface area contributed by atoms with E-state index < -0.39 is 35.8 Å². The quantitative estimate of drug-likeness (QED) is 0.340. The Morgan fingerprint density at radius 1 is 1.20 bits per heavy atom. The highest BCUT2D eigenvalue weighted by Gasteiger charge is 2.64. The van der Waals surface area contributed by atoms with E-state index in [1.165, 1.54) is 6.92 Å². The summed E-state index contributed by atoms with van der Waals surface area (Å²) >= 11 is 0. The summed E-state index contributed by atoms with van der Waals surface area (Å²) in [5, 5.41) is 48.5. The van der Waals surface area contributed by atoms with Gasteiger partial charge >= 0.3 is 0 Å². The maximum atomic E-state index is 10.1. The van der Waals surface area contributed by atoms with Crippen LogP contribution < -0.4 is 0 Å². The van der Waals surface area contributed by atoms with Crippen molar-refractivity contribution in [3.8, 4) is 0 Å². The molecule has 3 aliphatic rings. The zero-order valence-electron chi connectivity index (χ0n) is 8.37. The standard InChI is InChI=1S/C9H16O6/c1-4(10)7-8(13)2-6(12)9(14,15-7)3-5(8)11/h4-7,10-14H,2-3H2,1H3/t4-,5?,6?,7?,8?,9?/m0/s1. The van der Waals surface area contributed by atoms with Crippen LogP contribution in [0.15, 0.2) is 0 Å². The number of fused-ring (bicyclic) bond motifs is 3. The van der Waals surface area contributed by atoms with Gasteiger partial charge in [0.15, 0.2) is 5.79 Å². The molecule has 2 saturated heterocycles. The van der Waals surface area contributed by atoms with Crippen molar-refractivity contribution in [1.82, 2.24) is 0 Å². The minimum Gasteiger partial charge on any atom is -0.391 e. The third-order valence-corrected chi connectivity index (χ3v) is 3.37. The van der Waals surface area contributed by atoms with Gasteiger partial charge < -0.3 is 30.3 Å². The van der Waals surface area contributed by atoms with Crippen LogP contribution >= 0.6 is 0 Å². The van der Waals surface area contributed by atoms with Crippen molar-refractivity contribution < 1.29 is 30.3 Å². The van der Waals surface area contributed by atoms with Crippen molar-refractivity contribution >= 4 is 0 Å². The number of aliphatic hydroxyl groups is 5. The molecule has 1 saturated carbocycles. The van der Waals surface area contributed by atoms with Crippen LogP contribution in [0.4, 0.5) is 0 Å². The molecular weight excluding hydrogens is 204 g/mol. The van der Waals surface area contributed by atoms with Crippen molar-refractivity contribution in [2.75, 3.05) is 0 Å². The van der Waals surface area contributed by atoms with Crippen molar-refractivity contribution in [2.24, 2.45) is 0 Å². The predicted molar refractivity (Wildman–Crippen MR) is 47.7 cm³/mol. The Bertz CT molecular complexity index is 269. The van der Waals surface area contributed by atoms with Gasteiger partial charge in [-0.25, -0.2) is 0 Å². The van der Waals surface area contributed by atoms with Gasteiger partial charge in [-0.15, -0.1) is 0 Å². The second-order valence-electron chi connectivity index (χ2n) is 4.55. The van der Waals surface area contributed by atoms with E-state index in [4.69, 9.17) is 4.74 Å². The van der Waals surface area contributed by atoms with Gasteiger partial charge in [0.05, 0.1) is 12.2 Å². The highest BCUT2D eigenvalue weighted by atomic mass is 16.7. The first kappa shape index (κ1) is 11.3. The fraction of sp³-hybridized carbons (Fsp3) is 1.00. The van der Waals surface area contributed by atoms with E-state index in [-0.39, 0.29) is 12.8 Å². The van der Waals surface area contributed by atoms with Crippen molar-refractivity contribution in [3.05, 3.63) is 0 Å². The number of ether oxygens (including phenoxy) is 1. The number of aliphatic hydroxyl groups excluding tert-OH is 3. The van der Waals surface area contributed by atoms with Gasteiger partial charge in [-0.3, -0.25) is 0 Å². The summed E-state index contributed by atoms with van der Waals surface area (Å²) in [6, 6.07) is 0. The van der Waals surface area contributed by atoms with Crippen LogP contribution in [0.2, 0.25) is 0 Å². The zero-order chi connectivity index (χ0) is 11.4. The van der Waals surface area contributed by atoms with E-state index in [1.807, 2.05) is 0 Å². The molecule has 0 aromatic carbocycles. The average molecular weight is 220 g/mol. The van der Waals surface area contributed by atoms with E-state index in [0.717, 1.165) is 0 Å². The third-order valence-electron chi connectivity index (χ3n) is 3.37. The molecule has 15 heavy (non-hydrogen) atoms. The lowest BCUT2D eigenvalue weighted by molar-refractivity contribution is -0.406. The first-order chi connectivity index (χ1) is 6.79. The summed E-state index contributed by atoms with van der Waals surface area (Å²) in [7, 11) is 0. The maximum absolute atomic E-state index is 10.1. The molecule has 2 aliphatic heterocycles. The van der Waals surface area contributed by atoms with E-state index in [1.54, 1.807) is 0 Å². The average Bonchev–Trinajstić information content (AvgIpc) is 2.09. The van der Waals surface area contributed by atoms with Crippen LogP contribution in [0.5, 0.6) is 0 Å². The Balaban J connectivity index is 2.34. The number of hydrogen-bond acceptors (Lipinski definition) is 6. The second kappa shape index (κ2) is 3.13. The molecule has 88 valence electrons. The molecule has 2 heterocycles. The van der Waals surface area contributed by atoms with E-state index >= 15 is 0 Å². The molecule has 0 aromatic heterocycles. The van der Waals surface area contributed by atoms with Crippen LogP contribution in [-0.4, -0.2) is 61.3 Å². The molecule has 6 nitrogen and oxygen atoms in total. The predicted octanol–water partition coefficient (Wildman–Crippen LogP) is -2.30. The molecule has 3 fully saturated rings. The summed E-state index contributed by atoms with van der Waals surface area (Å²) in [4.78, 5) is 0. The molecule has 6 atom stereocenters. The van der Waals surface area contributed by atoms with Crippen LogP contribution in [0.25, 0.3) is 0 Å². The highest BCUT2D eigenvalue weighted by Crippen LogP contribution is 2.46. The lowest BCUT2D eigenvalue weighted by atomic mass is 9.69. The minimum absolute atomic E-state index is 0.208. The maximum Gasteiger partial charge on any atom is 0.195 e. The summed E-state index contributed by atoms with van der Waals surface area (Å²) in [5.74, 6) is -1.87. The molecule has 3 rings (SSSR count). The molecule has 5 unspecified atom stereocenters. The normalized spacial score (nSPS) is 56.8. The lowest BCUT2D eigenvalue weighted by Crippen LogP contribution is -2.75. The van der Waals surface area contributed by atoms with E-state index in [0.29, 0.717) is 0 Å². The van der Waals surface area contributed by atoms with Gasteiger partial charge in [0.1, 0.15) is 17.8 Å². The van der Waals surface area contributed by atoms with Crippen LogP contribution in [0.1, 0.15) is 19.8 Å². The van der Waals surface area contributed by atoms with Gasteiger partial charge in [-0.2, -0.15) is 0 Å². The first-order valence-electron chi connectivity index (χ1n) is 4.96. The first-order valence-corrected chi connectivity index (χ1v) is 4.96. The van der Waals surface area contributed by atoms with Crippen LogP contribution in [0, 0.1) is 0 Å². The fourth-order valence-corrected chi connectivity index (χ4v) is 2.47. The third kappa shape index (κ3) is 1.41.